The Morgan fingerprint density at radius 2 is 2.04 bits per heavy atom. The van der Waals surface area contributed by atoms with Crippen molar-refractivity contribution in [3.63, 3.8) is 0 Å². The zero-order valence-corrected chi connectivity index (χ0v) is 14.9. The van der Waals surface area contributed by atoms with Gasteiger partial charge in [0.15, 0.2) is 5.82 Å². The first-order valence-corrected chi connectivity index (χ1v) is 7.53. The van der Waals surface area contributed by atoms with Gasteiger partial charge in [-0.3, -0.25) is 4.79 Å². The van der Waals surface area contributed by atoms with E-state index in [4.69, 9.17) is 15.0 Å². The molecule has 7 nitrogen and oxygen atoms in total. The largest absolute Gasteiger partial charge is 0.371 e. The molecule has 0 radical (unpaired) electrons. The first kappa shape index (κ1) is 20.1. The number of amides is 1. The Balaban J connectivity index is 0.00000288. The van der Waals surface area contributed by atoms with E-state index in [1.807, 2.05) is 26.0 Å². The molecule has 2 N–H and O–H groups in total. The van der Waals surface area contributed by atoms with Crippen LogP contribution in [0, 0.1) is 0 Å². The normalized spacial score (nSPS) is 11.7. The highest BCUT2D eigenvalue weighted by Crippen LogP contribution is 2.14. The summed E-state index contributed by atoms with van der Waals surface area (Å²) in [5.74, 6) is 0.738. The van der Waals surface area contributed by atoms with Crippen LogP contribution in [0.1, 0.15) is 47.6 Å². The van der Waals surface area contributed by atoms with Crippen LogP contribution in [0.15, 0.2) is 28.8 Å². The average molecular weight is 355 g/mol. The summed E-state index contributed by atoms with van der Waals surface area (Å²) in [6, 6.07) is 7.21. The lowest BCUT2D eigenvalue weighted by molar-refractivity contribution is 0.0682. The number of halogens is 1. The van der Waals surface area contributed by atoms with Gasteiger partial charge in [-0.25, -0.2) is 0 Å². The standard InChI is InChI=1S/C16H22N4O3.ClH/c1-4-22-11(2)15-18-14(23-19-15)10-20(3)16(21)13-7-5-12(9-17)6-8-13;/h5-8,11H,4,9-10,17H2,1-3H3;1H. The van der Waals surface area contributed by atoms with Crippen molar-refractivity contribution >= 4 is 18.3 Å². The summed E-state index contributed by atoms with van der Waals surface area (Å²) in [5.41, 5.74) is 7.12. The van der Waals surface area contributed by atoms with E-state index in [0.717, 1.165) is 5.56 Å². The van der Waals surface area contributed by atoms with Crippen LogP contribution in [0.4, 0.5) is 0 Å². The third kappa shape index (κ3) is 5.02. The molecule has 8 heteroatoms. The molecule has 1 amide bonds. The highest BCUT2D eigenvalue weighted by atomic mass is 35.5. The summed E-state index contributed by atoms with van der Waals surface area (Å²) in [7, 11) is 1.69. The lowest BCUT2D eigenvalue weighted by Gasteiger charge is -2.15. The second-order valence-electron chi connectivity index (χ2n) is 5.21. The van der Waals surface area contributed by atoms with Crippen LogP contribution in [-0.2, 0) is 17.8 Å². The molecule has 0 saturated heterocycles. The summed E-state index contributed by atoms with van der Waals surface area (Å²) in [5, 5.41) is 3.88. The number of nitrogens with two attached hydrogens (primary N) is 1. The molecular weight excluding hydrogens is 332 g/mol. The van der Waals surface area contributed by atoms with E-state index in [9.17, 15) is 4.79 Å². The number of benzene rings is 1. The zero-order chi connectivity index (χ0) is 16.8. The molecule has 1 heterocycles. The van der Waals surface area contributed by atoms with Gasteiger partial charge >= 0.3 is 0 Å². The van der Waals surface area contributed by atoms with Crippen molar-refractivity contribution in [1.29, 1.82) is 0 Å². The van der Waals surface area contributed by atoms with Crippen molar-refractivity contribution in [2.45, 2.75) is 33.0 Å². The Labute approximate surface area is 147 Å². The van der Waals surface area contributed by atoms with Gasteiger partial charge in [-0.15, -0.1) is 12.4 Å². The summed E-state index contributed by atoms with van der Waals surface area (Å²) in [6.07, 6.45) is -0.234. The van der Waals surface area contributed by atoms with Crippen LogP contribution in [0.5, 0.6) is 0 Å². The molecule has 2 aromatic rings. The first-order chi connectivity index (χ1) is 11.0. The van der Waals surface area contributed by atoms with Gasteiger partial charge < -0.3 is 19.9 Å². The molecule has 1 aromatic heterocycles. The Bertz CT molecular complexity index is 645. The second kappa shape index (κ2) is 9.36. The number of hydrogen-bond acceptors (Lipinski definition) is 6. The Morgan fingerprint density at radius 1 is 1.38 bits per heavy atom. The van der Waals surface area contributed by atoms with Crippen molar-refractivity contribution in [2.24, 2.45) is 5.73 Å². The smallest absolute Gasteiger partial charge is 0.254 e. The van der Waals surface area contributed by atoms with Gasteiger partial charge in [0.2, 0.25) is 5.89 Å². The van der Waals surface area contributed by atoms with Gasteiger partial charge in [-0.05, 0) is 31.5 Å². The highest BCUT2D eigenvalue weighted by molar-refractivity contribution is 5.94. The summed E-state index contributed by atoms with van der Waals surface area (Å²) in [4.78, 5) is 18.2. The zero-order valence-electron chi connectivity index (χ0n) is 14.1. The van der Waals surface area contributed by atoms with Gasteiger partial charge in [0.05, 0.1) is 6.54 Å². The number of aromatic nitrogens is 2. The maximum atomic E-state index is 12.4. The molecule has 0 fully saturated rings. The van der Waals surface area contributed by atoms with Crippen molar-refractivity contribution < 1.29 is 14.1 Å². The molecule has 24 heavy (non-hydrogen) atoms. The molecule has 0 aliphatic carbocycles. The van der Waals surface area contributed by atoms with Gasteiger partial charge in [-0.2, -0.15) is 4.98 Å². The van der Waals surface area contributed by atoms with Crippen LogP contribution in [-0.4, -0.2) is 34.6 Å². The number of carbonyl (C=O) groups excluding carboxylic acids is 1. The molecule has 1 unspecified atom stereocenters. The van der Waals surface area contributed by atoms with Crippen molar-refractivity contribution in [3.05, 3.63) is 47.1 Å². The third-order valence-electron chi connectivity index (χ3n) is 3.42. The predicted octanol–water partition coefficient (Wildman–Crippen LogP) is 2.32. The van der Waals surface area contributed by atoms with E-state index >= 15 is 0 Å². The number of nitrogens with zero attached hydrogens (tertiary/aromatic N) is 3. The molecule has 132 valence electrons. The van der Waals surface area contributed by atoms with E-state index in [0.29, 0.717) is 30.4 Å². The molecular formula is C16H23ClN4O3. The van der Waals surface area contributed by atoms with Crippen LogP contribution in [0.25, 0.3) is 0 Å². The molecule has 0 spiro atoms. The van der Waals surface area contributed by atoms with Crippen LogP contribution in [0.2, 0.25) is 0 Å². The van der Waals surface area contributed by atoms with Crippen LogP contribution < -0.4 is 5.73 Å². The molecule has 0 aliphatic rings. The summed E-state index contributed by atoms with van der Waals surface area (Å²) < 4.78 is 10.6. The third-order valence-corrected chi connectivity index (χ3v) is 3.42. The lowest BCUT2D eigenvalue weighted by atomic mass is 10.1. The van der Waals surface area contributed by atoms with Crippen molar-refractivity contribution in [3.8, 4) is 0 Å². The minimum Gasteiger partial charge on any atom is -0.371 e. The quantitative estimate of drug-likeness (QED) is 0.819. The fraction of sp³-hybridized carbons (Fsp3) is 0.438. The SMILES string of the molecule is CCOC(C)c1noc(CN(C)C(=O)c2ccc(CN)cc2)n1.Cl. The summed E-state index contributed by atoms with van der Waals surface area (Å²) >= 11 is 0. The molecule has 0 saturated carbocycles. The van der Waals surface area contributed by atoms with Crippen LogP contribution >= 0.6 is 12.4 Å². The topological polar surface area (TPSA) is 94.5 Å². The second-order valence-corrected chi connectivity index (χ2v) is 5.21. The van der Waals surface area contributed by atoms with Crippen molar-refractivity contribution in [1.82, 2.24) is 15.0 Å². The van der Waals surface area contributed by atoms with Gasteiger partial charge in [0.25, 0.3) is 5.91 Å². The van der Waals surface area contributed by atoms with Gasteiger partial charge in [-0.1, -0.05) is 17.3 Å². The molecule has 0 bridgehead atoms. The number of rotatable bonds is 7. The number of carbonyl (C=O) groups is 1. The van der Waals surface area contributed by atoms with E-state index in [2.05, 4.69) is 10.1 Å². The fourth-order valence-electron chi connectivity index (χ4n) is 2.10. The molecule has 1 aromatic carbocycles. The maximum Gasteiger partial charge on any atom is 0.254 e. The van der Waals surface area contributed by atoms with Gasteiger partial charge in [0.1, 0.15) is 6.10 Å². The van der Waals surface area contributed by atoms with E-state index in [1.165, 1.54) is 4.90 Å². The summed E-state index contributed by atoms with van der Waals surface area (Å²) in [6.45, 7) is 5.02. The Hall–Kier alpha value is -1.96. The molecule has 0 aliphatic heterocycles. The molecule has 2 rings (SSSR count). The van der Waals surface area contributed by atoms with Crippen molar-refractivity contribution in [2.75, 3.05) is 13.7 Å². The monoisotopic (exact) mass is 354 g/mol. The number of ether oxygens (including phenoxy) is 1. The van der Waals surface area contributed by atoms with Gasteiger partial charge in [0, 0.05) is 25.8 Å². The minimum atomic E-state index is -0.234. The van der Waals surface area contributed by atoms with E-state index < -0.39 is 0 Å². The van der Waals surface area contributed by atoms with Crippen LogP contribution in [0.3, 0.4) is 0 Å². The molecule has 1 atom stereocenters. The highest BCUT2D eigenvalue weighted by Gasteiger charge is 2.18. The van der Waals surface area contributed by atoms with E-state index in [1.54, 1.807) is 19.2 Å². The maximum absolute atomic E-state index is 12.4. The fourth-order valence-corrected chi connectivity index (χ4v) is 2.10. The average Bonchev–Trinajstić information content (AvgIpc) is 3.03. The Kier molecular flexibility index (Phi) is 7.84. The number of hydrogen-bond donors (Lipinski definition) is 1. The first-order valence-electron chi connectivity index (χ1n) is 7.53. The minimum absolute atomic E-state index is 0. The predicted molar refractivity (Wildman–Crippen MR) is 91.7 cm³/mol. The Morgan fingerprint density at radius 3 is 2.62 bits per heavy atom. The lowest BCUT2D eigenvalue weighted by Crippen LogP contribution is -2.26. The van der Waals surface area contributed by atoms with E-state index in [-0.39, 0.29) is 31.0 Å².